The Hall–Kier alpha value is -0.900. The number of rotatable bonds is 6. The molecule has 0 saturated carbocycles. The van der Waals surface area contributed by atoms with E-state index in [1.165, 1.54) is 15.8 Å². The van der Waals surface area contributed by atoms with Gasteiger partial charge in [-0.15, -0.1) is 11.3 Å². The van der Waals surface area contributed by atoms with Gasteiger partial charge in [-0.2, -0.15) is 0 Å². The maximum atomic E-state index is 14.1. The fourth-order valence-electron chi connectivity index (χ4n) is 2.25. The molecule has 1 unspecified atom stereocenters. The number of likely N-dealkylation sites (N-methyl/N-ethyl adjacent to an activating group) is 1. The Balaban J connectivity index is 2.21. The van der Waals surface area contributed by atoms with Gasteiger partial charge in [0, 0.05) is 32.8 Å². The van der Waals surface area contributed by atoms with Crippen molar-refractivity contribution in [1.82, 2.24) is 5.32 Å². The SMILES string of the molecule is CCNC(Cc1ccc(CC)s1)c1ccc(Cl)cc1F. The van der Waals surface area contributed by atoms with Gasteiger partial charge < -0.3 is 5.32 Å². The van der Waals surface area contributed by atoms with E-state index in [4.69, 9.17) is 11.6 Å². The summed E-state index contributed by atoms with van der Waals surface area (Å²) in [6, 6.07) is 9.19. The second-order valence-electron chi connectivity index (χ2n) is 4.70. The molecule has 0 amide bonds. The van der Waals surface area contributed by atoms with Gasteiger partial charge in [-0.3, -0.25) is 0 Å². The molecule has 20 heavy (non-hydrogen) atoms. The molecule has 0 spiro atoms. The van der Waals surface area contributed by atoms with Gasteiger partial charge in [0.1, 0.15) is 5.82 Å². The molecule has 0 fully saturated rings. The smallest absolute Gasteiger partial charge is 0.129 e. The van der Waals surface area contributed by atoms with Crippen LogP contribution in [-0.2, 0) is 12.8 Å². The highest BCUT2D eigenvalue weighted by Crippen LogP contribution is 2.27. The van der Waals surface area contributed by atoms with E-state index in [1.54, 1.807) is 23.5 Å². The normalized spacial score (nSPS) is 12.6. The quantitative estimate of drug-likeness (QED) is 0.792. The molecule has 0 aliphatic rings. The molecule has 108 valence electrons. The van der Waals surface area contributed by atoms with Crippen molar-refractivity contribution in [2.75, 3.05) is 6.54 Å². The van der Waals surface area contributed by atoms with Crippen LogP contribution >= 0.6 is 22.9 Å². The number of halogens is 2. The van der Waals surface area contributed by atoms with Crippen LogP contribution in [0.15, 0.2) is 30.3 Å². The van der Waals surface area contributed by atoms with Gasteiger partial charge in [0.15, 0.2) is 0 Å². The van der Waals surface area contributed by atoms with Crippen LogP contribution in [0.1, 0.15) is 35.2 Å². The molecule has 0 aliphatic heterocycles. The zero-order valence-corrected chi connectivity index (χ0v) is 13.3. The lowest BCUT2D eigenvalue weighted by Crippen LogP contribution is -2.23. The third-order valence-corrected chi connectivity index (χ3v) is 4.75. The molecule has 1 aromatic carbocycles. The molecule has 1 aromatic heterocycles. The predicted octanol–water partition coefficient (Wildman–Crippen LogP) is 5.00. The summed E-state index contributed by atoms with van der Waals surface area (Å²) in [6.07, 6.45) is 1.85. The lowest BCUT2D eigenvalue weighted by atomic mass is 10.0. The zero-order valence-electron chi connectivity index (χ0n) is 11.7. The highest BCUT2D eigenvalue weighted by molar-refractivity contribution is 7.11. The fraction of sp³-hybridized carbons (Fsp3) is 0.375. The van der Waals surface area contributed by atoms with Gasteiger partial charge in [0.2, 0.25) is 0 Å². The lowest BCUT2D eigenvalue weighted by molar-refractivity contribution is 0.512. The Morgan fingerprint density at radius 3 is 2.55 bits per heavy atom. The Morgan fingerprint density at radius 2 is 1.95 bits per heavy atom. The second kappa shape index (κ2) is 7.21. The van der Waals surface area contributed by atoms with Gasteiger partial charge in [0.05, 0.1) is 0 Å². The Morgan fingerprint density at radius 1 is 1.20 bits per heavy atom. The summed E-state index contributed by atoms with van der Waals surface area (Å²) in [5.74, 6) is -0.240. The molecule has 1 heterocycles. The minimum atomic E-state index is -0.240. The molecule has 0 saturated heterocycles. The van der Waals surface area contributed by atoms with Crippen LogP contribution in [0.25, 0.3) is 0 Å². The Bertz CT molecular complexity index is 567. The minimum absolute atomic E-state index is 0.0133. The van der Waals surface area contributed by atoms with Crippen LogP contribution in [0.5, 0.6) is 0 Å². The van der Waals surface area contributed by atoms with Gasteiger partial charge in [-0.25, -0.2) is 4.39 Å². The zero-order chi connectivity index (χ0) is 14.5. The van der Waals surface area contributed by atoms with Gasteiger partial charge >= 0.3 is 0 Å². The topological polar surface area (TPSA) is 12.0 Å². The molecule has 1 atom stereocenters. The van der Waals surface area contributed by atoms with E-state index in [2.05, 4.69) is 24.4 Å². The number of hydrogen-bond acceptors (Lipinski definition) is 2. The number of nitrogens with one attached hydrogen (secondary N) is 1. The van der Waals surface area contributed by atoms with E-state index in [9.17, 15) is 4.39 Å². The van der Waals surface area contributed by atoms with E-state index >= 15 is 0 Å². The number of benzene rings is 1. The monoisotopic (exact) mass is 311 g/mol. The number of thiophene rings is 1. The van der Waals surface area contributed by atoms with Gasteiger partial charge in [-0.05, 0) is 37.2 Å². The van der Waals surface area contributed by atoms with Crippen LogP contribution in [-0.4, -0.2) is 6.54 Å². The predicted molar refractivity (Wildman–Crippen MR) is 85.2 cm³/mol. The molecule has 1 N–H and O–H groups in total. The minimum Gasteiger partial charge on any atom is -0.310 e. The van der Waals surface area contributed by atoms with E-state index < -0.39 is 0 Å². The van der Waals surface area contributed by atoms with E-state index in [1.807, 2.05) is 6.92 Å². The van der Waals surface area contributed by atoms with Gasteiger partial charge in [0.25, 0.3) is 0 Å². The third kappa shape index (κ3) is 3.81. The second-order valence-corrected chi connectivity index (χ2v) is 6.39. The molecule has 2 rings (SSSR count). The number of aryl methyl sites for hydroxylation is 1. The fourth-order valence-corrected chi connectivity index (χ4v) is 3.41. The molecule has 0 aliphatic carbocycles. The maximum absolute atomic E-state index is 14.1. The van der Waals surface area contributed by atoms with E-state index in [0.29, 0.717) is 10.6 Å². The van der Waals surface area contributed by atoms with Crippen LogP contribution in [0.3, 0.4) is 0 Å². The molecule has 4 heteroatoms. The summed E-state index contributed by atoms with van der Waals surface area (Å²) in [7, 11) is 0. The first kappa shape index (κ1) is 15.5. The molecular formula is C16H19ClFNS. The van der Waals surface area contributed by atoms with Crippen molar-refractivity contribution in [3.63, 3.8) is 0 Å². The lowest BCUT2D eigenvalue weighted by Gasteiger charge is -2.18. The Kier molecular flexibility index (Phi) is 5.58. The average Bonchev–Trinajstić information content (AvgIpc) is 2.86. The van der Waals surface area contributed by atoms with Crippen molar-refractivity contribution < 1.29 is 4.39 Å². The first-order valence-corrected chi connectivity index (χ1v) is 8.09. The van der Waals surface area contributed by atoms with Crippen molar-refractivity contribution in [3.8, 4) is 0 Å². The van der Waals surface area contributed by atoms with Crippen molar-refractivity contribution in [2.24, 2.45) is 0 Å². The summed E-state index contributed by atoms with van der Waals surface area (Å²) in [5.41, 5.74) is 0.683. The van der Waals surface area contributed by atoms with E-state index in [-0.39, 0.29) is 11.9 Å². The van der Waals surface area contributed by atoms with Crippen molar-refractivity contribution in [3.05, 3.63) is 56.5 Å². The van der Waals surface area contributed by atoms with Gasteiger partial charge in [-0.1, -0.05) is 31.5 Å². The van der Waals surface area contributed by atoms with Crippen LogP contribution < -0.4 is 5.32 Å². The number of hydrogen-bond donors (Lipinski definition) is 1. The molecular weight excluding hydrogens is 293 g/mol. The first-order chi connectivity index (χ1) is 9.63. The highest BCUT2D eigenvalue weighted by Gasteiger charge is 2.16. The summed E-state index contributed by atoms with van der Waals surface area (Å²) in [4.78, 5) is 2.65. The molecule has 1 nitrogen and oxygen atoms in total. The van der Waals surface area contributed by atoms with Crippen molar-refractivity contribution in [2.45, 2.75) is 32.7 Å². The average molecular weight is 312 g/mol. The van der Waals surface area contributed by atoms with Crippen LogP contribution in [0, 0.1) is 5.82 Å². The van der Waals surface area contributed by atoms with Crippen molar-refractivity contribution in [1.29, 1.82) is 0 Å². The standard InChI is InChI=1S/C16H19ClFNS/c1-3-12-6-7-13(20-12)10-16(19-4-2)14-8-5-11(17)9-15(14)18/h5-9,16,19H,3-4,10H2,1-2H3. The molecule has 2 aromatic rings. The van der Waals surface area contributed by atoms with E-state index in [0.717, 1.165) is 19.4 Å². The molecule has 0 radical (unpaired) electrons. The largest absolute Gasteiger partial charge is 0.310 e. The summed E-state index contributed by atoms with van der Waals surface area (Å²) < 4.78 is 14.1. The van der Waals surface area contributed by atoms with Crippen molar-refractivity contribution >= 4 is 22.9 Å². The van der Waals surface area contributed by atoms with Crippen LogP contribution in [0.2, 0.25) is 5.02 Å². The molecule has 0 bridgehead atoms. The maximum Gasteiger partial charge on any atom is 0.129 e. The summed E-state index contributed by atoms with van der Waals surface area (Å²) in [6.45, 7) is 4.99. The first-order valence-electron chi connectivity index (χ1n) is 6.90. The third-order valence-electron chi connectivity index (χ3n) is 3.26. The summed E-state index contributed by atoms with van der Waals surface area (Å²) in [5, 5.41) is 3.79. The van der Waals surface area contributed by atoms with Crippen LogP contribution in [0.4, 0.5) is 4.39 Å². The highest BCUT2D eigenvalue weighted by atomic mass is 35.5. The summed E-state index contributed by atoms with van der Waals surface area (Å²) >= 11 is 7.62. The Labute approximate surface area is 128 Å².